The molecular weight excluding hydrogens is 200 g/mol. The van der Waals surface area contributed by atoms with Crippen molar-refractivity contribution in [3.63, 3.8) is 0 Å². The van der Waals surface area contributed by atoms with Gasteiger partial charge in [-0.25, -0.2) is 0 Å². The topological polar surface area (TPSA) is 33.3 Å². The minimum atomic E-state index is 0.315. The third-order valence-electron chi connectivity index (χ3n) is 3.68. The summed E-state index contributed by atoms with van der Waals surface area (Å²) in [4.78, 5) is 0. The summed E-state index contributed by atoms with van der Waals surface area (Å²) in [6, 6.07) is 0. The van der Waals surface area contributed by atoms with Crippen LogP contribution in [0.1, 0.15) is 39.5 Å². The van der Waals surface area contributed by atoms with Gasteiger partial charge < -0.3 is 15.4 Å². The van der Waals surface area contributed by atoms with Crippen LogP contribution < -0.4 is 10.6 Å². The van der Waals surface area contributed by atoms with E-state index >= 15 is 0 Å². The molecule has 1 saturated heterocycles. The molecule has 1 aliphatic heterocycles. The largest absolute Gasteiger partial charge is 0.380 e. The maximum absolute atomic E-state index is 5.25. The lowest BCUT2D eigenvalue weighted by Gasteiger charge is -2.38. The van der Waals surface area contributed by atoms with Gasteiger partial charge in [0.1, 0.15) is 0 Å². The molecule has 0 aromatic carbocycles. The number of hydrogen-bond donors (Lipinski definition) is 2. The van der Waals surface area contributed by atoms with Crippen molar-refractivity contribution in [2.24, 2.45) is 5.41 Å². The summed E-state index contributed by atoms with van der Waals surface area (Å²) in [7, 11) is 1.77. The van der Waals surface area contributed by atoms with Gasteiger partial charge in [-0.05, 0) is 38.1 Å². The molecular formula is C13H28N2O. The van der Waals surface area contributed by atoms with Gasteiger partial charge in [0.05, 0.1) is 6.10 Å². The van der Waals surface area contributed by atoms with Crippen LogP contribution in [0.4, 0.5) is 0 Å². The molecule has 2 atom stereocenters. The molecule has 3 heteroatoms. The highest BCUT2D eigenvalue weighted by molar-refractivity contribution is 4.87. The van der Waals surface area contributed by atoms with E-state index in [1.165, 1.54) is 38.8 Å². The van der Waals surface area contributed by atoms with Crippen molar-refractivity contribution in [2.45, 2.75) is 45.6 Å². The Morgan fingerprint density at radius 3 is 2.88 bits per heavy atom. The lowest BCUT2D eigenvalue weighted by Crippen LogP contribution is -2.47. The van der Waals surface area contributed by atoms with Crippen molar-refractivity contribution in [3.8, 4) is 0 Å². The quantitative estimate of drug-likeness (QED) is 0.697. The number of hydrogen-bond acceptors (Lipinski definition) is 3. The van der Waals surface area contributed by atoms with Crippen molar-refractivity contribution in [1.29, 1.82) is 0 Å². The van der Waals surface area contributed by atoms with Gasteiger partial charge in [-0.1, -0.05) is 13.3 Å². The van der Waals surface area contributed by atoms with Crippen LogP contribution in [-0.4, -0.2) is 39.4 Å². The monoisotopic (exact) mass is 228 g/mol. The zero-order chi connectivity index (χ0) is 11.9. The molecule has 1 heterocycles. The normalized spacial score (nSPS) is 27.9. The van der Waals surface area contributed by atoms with Crippen LogP contribution in [0.15, 0.2) is 0 Å². The smallest absolute Gasteiger partial charge is 0.0667 e. The van der Waals surface area contributed by atoms with Gasteiger partial charge in [0.15, 0.2) is 0 Å². The molecule has 0 bridgehead atoms. The molecule has 1 aliphatic rings. The van der Waals surface area contributed by atoms with E-state index in [0.717, 1.165) is 13.1 Å². The van der Waals surface area contributed by atoms with E-state index in [-0.39, 0.29) is 0 Å². The summed E-state index contributed by atoms with van der Waals surface area (Å²) < 4.78 is 5.25. The number of rotatable bonds is 7. The molecule has 3 nitrogen and oxygen atoms in total. The van der Waals surface area contributed by atoms with Crippen LogP contribution in [0.3, 0.4) is 0 Å². The SMILES string of the molecule is CCCC1(CNCC(C)OC)CCCNC1. The zero-order valence-electron chi connectivity index (χ0n) is 11.1. The number of nitrogens with one attached hydrogen (secondary N) is 2. The molecule has 0 amide bonds. The third-order valence-corrected chi connectivity index (χ3v) is 3.68. The predicted octanol–water partition coefficient (Wildman–Crippen LogP) is 1.78. The fourth-order valence-electron chi connectivity index (χ4n) is 2.64. The minimum absolute atomic E-state index is 0.315. The van der Waals surface area contributed by atoms with E-state index in [1.54, 1.807) is 7.11 Å². The van der Waals surface area contributed by atoms with E-state index in [0.29, 0.717) is 11.5 Å². The molecule has 0 aromatic rings. The lowest BCUT2D eigenvalue weighted by molar-refractivity contribution is 0.108. The summed E-state index contributed by atoms with van der Waals surface area (Å²) in [5, 5.41) is 7.11. The highest BCUT2D eigenvalue weighted by Gasteiger charge is 2.30. The summed E-state index contributed by atoms with van der Waals surface area (Å²) in [5.41, 5.74) is 0.487. The van der Waals surface area contributed by atoms with Crippen molar-refractivity contribution in [2.75, 3.05) is 33.3 Å². The van der Waals surface area contributed by atoms with Crippen molar-refractivity contribution >= 4 is 0 Å². The number of piperidine rings is 1. The third kappa shape index (κ3) is 4.40. The Kier molecular flexibility index (Phi) is 6.32. The summed E-state index contributed by atoms with van der Waals surface area (Å²) in [6.45, 7) is 8.85. The molecule has 96 valence electrons. The maximum Gasteiger partial charge on any atom is 0.0667 e. The standard InChI is InChI=1S/C13H28N2O/c1-4-6-13(7-5-8-14-10-13)11-15-9-12(2)16-3/h12,14-15H,4-11H2,1-3H3. The molecule has 0 saturated carbocycles. The molecule has 0 aromatic heterocycles. The Labute approximate surface area is 100 Å². The second-order valence-corrected chi connectivity index (χ2v) is 5.21. The molecule has 2 unspecified atom stereocenters. The Morgan fingerprint density at radius 2 is 2.31 bits per heavy atom. The fraction of sp³-hybridized carbons (Fsp3) is 1.00. The molecule has 0 aliphatic carbocycles. The molecule has 0 spiro atoms. The number of ether oxygens (including phenoxy) is 1. The van der Waals surface area contributed by atoms with Gasteiger partial charge in [0.25, 0.3) is 0 Å². The van der Waals surface area contributed by atoms with Gasteiger partial charge in [0, 0.05) is 26.7 Å². The van der Waals surface area contributed by atoms with Crippen LogP contribution in [0.25, 0.3) is 0 Å². The van der Waals surface area contributed by atoms with Crippen molar-refractivity contribution < 1.29 is 4.74 Å². The molecule has 0 radical (unpaired) electrons. The van der Waals surface area contributed by atoms with Gasteiger partial charge >= 0.3 is 0 Å². The first kappa shape index (κ1) is 13.9. The van der Waals surface area contributed by atoms with E-state index in [2.05, 4.69) is 24.5 Å². The van der Waals surface area contributed by atoms with Gasteiger partial charge in [0.2, 0.25) is 0 Å². The molecule has 16 heavy (non-hydrogen) atoms. The van der Waals surface area contributed by atoms with E-state index in [1.807, 2.05) is 0 Å². The first-order chi connectivity index (χ1) is 7.72. The Morgan fingerprint density at radius 1 is 1.50 bits per heavy atom. The Bertz CT molecular complexity index is 173. The number of methoxy groups -OCH3 is 1. The first-order valence-electron chi connectivity index (χ1n) is 6.67. The summed E-state index contributed by atoms with van der Waals surface area (Å²) in [6.07, 6.45) is 5.61. The molecule has 2 N–H and O–H groups in total. The Balaban J connectivity index is 2.32. The highest BCUT2D eigenvalue weighted by Crippen LogP contribution is 2.30. The fourth-order valence-corrected chi connectivity index (χ4v) is 2.64. The first-order valence-corrected chi connectivity index (χ1v) is 6.67. The van der Waals surface area contributed by atoms with Gasteiger partial charge in [-0.3, -0.25) is 0 Å². The van der Waals surface area contributed by atoms with Crippen LogP contribution >= 0.6 is 0 Å². The summed E-state index contributed by atoms with van der Waals surface area (Å²) >= 11 is 0. The molecule has 1 fully saturated rings. The minimum Gasteiger partial charge on any atom is -0.380 e. The van der Waals surface area contributed by atoms with Gasteiger partial charge in [-0.15, -0.1) is 0 Å². The van der Waals surface area contributed by atoms with E-state index in [9.17, 15) is 0 Å². The zero-order valence-corrected chi connectivity index (χ0v) is 11.1. The summed E-state index contributed by atoms with van der Waals surface area (Å²) in [5.74, 6) is 0. The molecule has 1 rings (SSSR count). The van der Waals surface area contributed by atoms with Crippen molar-refractivity contribution in [1.82, 2.24) is 10.6 Å². The average molecular weight is 228 g/mol. The van der Waals surface area contributed by atoms with Crippen LogP contribution in [0.5, 0.6) is 0 Å². The van der Waals surface area contributed by atoms with E-state index < -0.39 is 0 Å². The second kappa shape index (κ2) is 7.25. The van der Waals surface area contributed by atoms with Crippen LogP contribution in [-0.2, 0) is 4.74 Å². The van der Waals surface area contributed by atoms with Gasteiger partial charge in [-0.2, -0.15) is 0 Å². The second-order valence-electron chi connectivity index (χ2n) is 5.21. The Hall–Kier alpha value is -0.120. The average Bonchev–Trinajstić information content (AvgIpc) is 2.30. The maximum atomic E-state index is 5.25. The van der Waals surface area contributed by atoms with Crippen LogP contribution in [0.2, 0.25) is 0 Å². The highest BCUT2D eigenvalue weighted by atomic mass is 16.5. The van der Waals surface area contributed by atoms with Crippen molar-refractivity contribution in [3.05, 3.63) is 0 Å². The lowest BCUT2D eigenvalue weighted by atomic mass is 9.77. The predicted molar refractivity (Wildman–Crippen MR) is 68.8 cm³/mol. The van der Waals surface area contributed by atoms with Crippen LogP contribution in [0, 0.1) is 5.41 Å². The van der Waals surface area contributed by atoms with E-state index in [4.69, 9.17) is 4.74 Å².